The predicted molar refractivity (Wildman–Crippen MR) is 123 cm³/mol. The molecule has 0 aliphatic carbocycles. The van der Waals surface area contributed by atoms with Gasteiger partial charge in [0.2, 0.25) is 5.91 Å². The number of methoxy groups -OCH3 is 2. The average Bonchev–Trinajstić information content (AvgIpc) is 2.74. The van der Waals surface area contributed by atoms with Crippen molar-refractivity contribution in [1.82, 2.24) is 10.6 Å². The number of nitriles is 1. The van der Waals surface area contributed by atoms with Crippen molar-refractivity contribution in [3.63, 3.8) is 0 Å². The van der Waals surface area contributed by atoms with Gasteiger partial charge in [-0.2, -0.15) is 5.26 Å². The van der Waals surface area contributed by atoms with E-state index in [9.17, 15) is 9.59 Å². The smallest absolute Gasteiger partial charge is 0.315 e. The maximum absolute atomic E-state index is 13.2. The number of ether oxygens (including phenoxy) is 2. The van der Waals surface area contributed by atoms with Crippen LogP contribution in [0.25, 0.3) is 0 Å². The van der Waals surface area contributed by atoms with Crippen molar-refractivity contribution in [2.45, 2.75) is 25.2 Å². The molecule has 0 spiro atoms. The van der Waals surface area contributed by atoms with Crippen molar-refractivity contribution < 1.29 is 19.1 Å². The number of hydrogen-bond acceptors (Lipinski definition) is 5. The van der Waals surface area contributed by atoms with Gasteiger partial charge in [0.25, 0.3) is 0 Å². The number of carbonyl (C=O) groups is 2. The van der Waals surface area contributed by atoms with Crippen LogP contribution in [0.3, 0.4) is 0 Å². The standard InChI is InChI=1S/C22H24Cl2N4O4/c1-22(11-14-4-6-15(12-25)7-5-14,28-21(30)26-13-19(31-2)32-3)20(29)27-18-9-16(23)8-17(24)10-18/h4-10,19H,11,13H2,1-3H3,(H,27,29)(H2,26,28,30)/t22-/m1/s1. The number of carbonyl (C=O) groups excluding carboxylic acids is 2. The van der Waals surface area contributed by atoms with Crippen LogP contribution in [0.5, 0.6) is 0 Å². The number of benzene rings is 2. The van der Waals surface area contributed by atoms with Crippen LogP contribution in [0.15, 0.2) is 42.5 Å². The van der Waals surface area contributed by atoms with Gasteiger partial charge < -0.3 is 25.4 Å². The van der Waals surface area contributed by atoms with Crippen LogP contribution in [0.4, 0.5) is 10.5 Å². The highest BCUT2D eigenvalue weighted by Gasteiger charge is 2.35. The van der Waals surface area contributed by atoms with E-state index in [1.807, 2.05) is 6.07 Å². The Kier molecular flexibility index (Phi) is 9.29. The molecule has 0 bridgehead atoms. The lowest BCUT2D eigenvalue weighted by Gasteiger charge is -2.30. The Hall–Kier alpha value is -2.83. The molecule has 0 unspecified atom stereocenters. The van der Waals surface area contributed by atoms with Gasteiger partial charge in [-0.15, -0.1) is 0 Å². The van der Waals surface area contributed by atoms with Crippen LogP contribution < -0.4 is 16.0 Å². The molecule has 3 N–H and O–H groups in total. The SMILES string of the molecule is COC(CNC(=O)N[C@](C)(Cc1ccc(C#N)cc1)C(=O)Nc1cc(Cl)cc(Cl)c1)OC. The Morgan fingerprint density at radius 3 is 2.22 bits per heavy atom. The van der Waals surface area contributed by atoms with Crippen LogP contribution in [-0.4, -0.2) is 44.5 Å². The van der Waals surface area contributed by atoms with E-state index in [0.717, 1.165) is 5.56 Å². The van der Waals surface area contributed by atoms with Crippen LogP contribution in [0.2, 0.25) is 10.0 Å². The molecule has 2 aromatic carbocycles. The van der Waals surface area contributed by atoms with Gasteiger partial charge in [-0.25, -0.2) is 4.79 Å². The van der Waals surface area contributed by atoms with Crippen molar-refractivity contribution in [3.8, 4) is 6.07 Å². The van der Waals surface area contributed by atoms with Crippen LogP contribution in [0, 0.1) is 11.3 Å². The number of urea groups is 1. The molecule has 3 amide bonds. The highest BCUT2D eigenvalue weighted by Crippen LogP contribution is 2.24. The third-order valence-corrected chi connectivity index (χ3v) is 5.04. The maximum atomic E-state index is 13.2. The molecule has 0 aromatic heterocycles. The summed E-state index contributed by atoms with van der Waals surface area (Å²) in [5, 5.41) is 17.8. The molecule has 0 fully saturated rings. The number of nitrogens with one attached hydrogen (secondary N) is 3. The number of anilines is 1. The molecule has 0 aliphatic rings. The van der Waals surface area contributed by atoms with Crippen molar-refractivity contribution >= 4 is 40.8 Å². The minimum Gasteiger partial charge on any atom is -0.354 e. The second kappa shape index (κ2) is 11.7. The lowest BCUT2D eigenvalue weighted by Crippen LogP contribution is -2.59. The molecule has 2 rings (SSSR count). The molecule has 1 atom stereocenters. The van der Waals surface area contributed by atoms with Gasteiger partial charge in [-0.1, -0.05) is 35.3 Å². The number of hydrogen-bond donors (Lipinski definition) is 3. The largest absolute Gasteiger partial charge is 0.354 e. The van der Waals surface area contributed by atoms with Gasteiger partial charge in [0.15, 0.2) is 6.29 Å². The molecular formula is C22H24Cl2N4O4. The second-order valence-corrected chi connectivity index (χ2v) is 8.04. The summed E-state index contributed by atoms with van der Waals surface area (Å²) in [5.74, 6) is -0.481. The minimum absolute atomic E-state index is 0.0807. The monoisotopic (exact) mass is 478 g/mol. The van der Waals surface area contributed by atoms with E-state index in [1.165, 1.54) is 14.2 Å². The number of rotatable bonds is 9. The third kappa shape index (κ3) is 7.39. The molecule has 0 saturated carbocycles. The van der Waals surface area contributed by atoms with Crippen molar-refractivity contribution in [3.05, 3.63) is 63.6 Å². The van der Waals surface area contributed by atoms with E-state index in [-0.39, 0.29) is 13.0 Å². The summed E-state index contributed by atoms with van der Waals surface area (Å²) >= 11 is 12.0. The number of nitrogens with zero attached hydrogens (tertiary/aromatic N) is 1. The molecule has 8 nitrogen and oxygen atoms in total. The Balaban J connectivity index is 2.24. The lowest BCUT2D eigenvalue weighted by molar-refractivity contribution is -0.121. The lowest BCUT2D eigenvalue weighted by atomic mass is 9.91. The summed E-state index contributed by atoms with van der Waals surface area (Å²) in [5.41, 5.74) is 0.268. The topological polar surface area (TPSA) is 112 Å². The summed E-state index contributed by atoms with van der Waals surface area (Å²) in [6, 6.07) is 12.9. The number of halogens is 2. The first-order valence-electron chi connectivity index (χ1n) is 9.57. The quantitative estimate of drug-likeness (QED) is 0.475. The fraction of sp³-hybridized carbons (Fsp3) is 0.318. The van der Waals surface area contributed by atoms with E-state index < -0.39 is 23.8 Å². The normalized spacial score (nSPS) is 12.5. The highest BCUT2D eigenvalue weighted by atomic mass is 35.5. The first-order valence-corrected chi connectivity index (χ1v) is 10.3. The molecular weight excluding hydrogens is 455 g/mol. The average molecular weight is 479 g/mol. The predicted octanol–water partition coefficient (Wildman–Crippen LogP) is 3.72. The van der Waals surface area contributed by atoms with E-state index >= 15 is 0 Å². The zero-order chi connectivity index (χ0) is 23.7. The van der Waals surface area contributed by atoms with Crippen molar-refractivity contribution in [2.75, 3.05) is 26.1 Å². The summed E-state index contributed by atoms with van der Waals surface area (Å²) < 4.78 is 10.1. The van der Waals surface area contributed by atoms with Gasteiger partial charge in [0, 0.05) is 36.4 Å². The maximum Gasteiger partial charge on any atom is 0.315 e. The van der Waals surface area contributed by atoms with Crippen molar-refractivity contribution in [2.24, 2.45) is 0 Å². The molecule has 2 aromatic rings. The van der Waals surface area contributed by atoms with Crippen molar-refractivity contribution in [1.29, 1.82) is 5.26 Å². The van der Waals surface area contributed by atoms with Gasteiger partial charge in [-0.05, 0) is 42.8 Å². The zero-order valence-corrected chi connectivity index (χ0v) is 19.4. The molecule has 0 saturated heterocycles. The summed E-state index contributed by atoms with van der Waals surface area (Å²) in [4.78, 5) is 25.8. The van der Waals surface area contributed by atoms with Gasteiger partial charge in [0.1, 0.15) is 5.54 Å². The van der Waals surface area contributed by atoms with E-state index in [4.69, 9.17) is 37.9 Å². The fourth-order valence-corrected chi connectivity index (χ4v) is 3.44. The summed E-state index contributed by atoms with van der Waals surface area (Å²) in [6.07, 6.45) is -0.475. The highest BCUT2D eigenvalue weighted by molar-refractivity contribution is 6.35. The second-order valence-electron chi connectivity index (χ2n) is 7.17. The van der Waals surface area contributed by atoms with E-state index in [1.54, 1.807) is 49.4 Å². The van der Waals surface area contributed by atoms with E-state index in [2.05, 4.69) is 16.0 Å². The first-order chi connectivity index (χ1) is 15.2. The molecule has 0 radical (unpaired) electrons. The molecule has 10 heteroatoms. The minimum atomic E-state index is -1.36. The van der Waals surface area contributed by atoms with Gasteiger partial charge in [0.05, 0.1) is 18.2 Å². The zero-order valence-electron chi connectivity index (χ0n) is 17.9. The number of amides is 3. The third-order valence-electron chi connectivity index (χ3n) is 4.61. The van der Waals surface area contributed by atoms with Crippen LogP contribution in [-0.2, 0) is 20.7 Å². The fourth-order valence-electron chi connectivity index (χ4n) is 2.92. The molecule has 0 aliphatic heterocycles. The molecule has 0 heterocycles. The first kappa shape index (κ1) is 25.4. The van der Waals surface area contributed by atoms with Gasteiger partial charge >= 0.3 is 6.03 Å². The Bertz CT molecular complexity index is 970. The summed E-state index contributed by atoms with van der Waals surface area (Å²) in [6.45, 7) is 1.67. The molecule has 170 valence electrons. The van der Waals surface area contributed by atoms with E-state index in [0.29, 0.717) is 21.3 Å². The summed E-state index contributed by atoms with van der Waals surface area (Å²) in [7, 11) is 2.90. The molecule has 32 heavy (non-hydrogen) atoms. The Morgan fingerprint density at radius 1 is 1.09 bits per heavy atom. The Morgan fingerprint density at radius 2 is 1.69 bits per heavy atom. The van der Waals surface area contributed by atoms with Gasteiger partial charge in [-0.3, -0.25) is 4.79 Å². The Labute approximate surface area is 196 Å². The van der Waals surface area contributed by atoms with Crippen LogP contribution >= 0.6 is 23.2 Å². The van der Waals surface area contributed by atoms with Crippen LogP contribution in [0.1, 0.15) is 18.1 Å².